The maximum Gasteiger partial charge on any atom is 0.264 e. The summed E-state index contributed by atoms with van der Waals surface area (Å²) in [5.41, 5.74) is 5.31. The molecule has 0 unspecified atom stereocenters. The SMILES string of the molecule is Cc1ccc(S(=O)(=O)N(CC(=O)NN=C2CCCCC2)c2cccc3cccnc23)cc1. The molecule has 7 nitrogen and oxygen atoms in total. The summed E-state index contributed by atoms with van der Waals surface area (Å²) in [7, 11) is -4.02. The number of rotatable bonds is 6. The number of nitrogens with zero attached hydrogens (tertiary/aromatic N) is 3. The molecule has 4 rings (SSSR count). The van der Waals surface area contributed by atoms with E-state index in [0.717, 1.165) is 46.6 Å². The zero-order chi connectivity index (χ0) is 22.6. The molecule has 1 aromatic heterocycles. The van der Waals surface area contributed by atoms with Crippen LogP contribution in [0.4, 0.5) is 5.69 Å². The van der Waals surface area contributed by atoms with Crippen LogP contribution in [0.5, 0.6) is 0 Å². The summed E-state index contributed by atoms with van der Waals surface area (Å²) >= 11 is 0. The molecule has 8 heteroatoms. The van der Waals surface area contributed by atoms with Crippen molar-refractivity contribution in [3.63, 3.8) is 0 Å². The molecule has 1 aliphatic carbocycles. The van der Waals surface area contributed by atoms with Gasteiger partial charge in [0, 0.05) is 17.3 Å². The normalized spacial score (nSPS) is 14.2. The van der Waals surface area contributed by atoms with E-state index in [1.54, 1.807) is 48.7 Å². The number of benzene rings is 2. The van der Waals surface area contributed by atoms with Gasteiger partial charge in [0.2, 0.25) is 0 Å². The molecular formula is C24H26N4O3S. The third kappa shape index (κ3) is 4.80. The highest BCUT2D eigenvalue weighted by atomic mass is 32.2. The van der Waals surface area contributed by atoms with Crippen LogP contribution >= 0.6 is 0 Å². The van der Waals surface area contributed by atoms with Gasteiger partial charge in [0.1, 0.15) is 6.54 Å². The van der Waals surface area contributed by atoms with E-state index < -0.39 is 22.5 Å². The summed E-state index contributed by atoms with van der Waals surface area (Å²) in [5, 5.41) is 5.03. The Balaban J connectivity index is 1.71. The van der Waals surface area contributed by atoms with E-state index in [9.17, 15) is 13.2 Å². The Hall–Kier alpha value is -3.26. The maximum absolute atomic E-state index is 13.6. The number of carbonyl (C=O) groups excluding carboxylic acids is 1. The lowest BCUT2D eigenvalue weighted by molar-refractivity contribution is -0.119. The molecule has 32 heavy (non-hydrogen) atoms. The molecule has 166 valence electrons. The van der Waals surface area contributed by atoms with Gasteiger partial charge >= 0.3 is 0 Å². The predicted octanol–water partition coefficient (Wildman–Crippen LogP) is 4.17. The number of hydrogen-bond donors (Lipinski definition) is 1. The number of pyridine rings is 1. The van der Waals surface area contributed by atoms with E-state index in [-0.39, 0.29) is 4.90 Å². The van der Waals surface area contributed by atoms with Crippen molar-refractivity contribution in [2.24, 2.45) is 5.10 Å². The van der Waals surface area contributed by atoms with Crippen molar-refractivity contribution in [1.82, 2.24) is 10.4 Å². The molecule has 3 aromatic rings. The quantitative estimate of drug-likeness (QED) is 0.571. The number of hydrazone groups is 1. The van der Waals surface area contributed by atoms with Crippen LogP contribution in [0.2, 0.25) is 0 Å². The summed E-state index contributed by atoms with van der Waals surface area (Å²) in [5.74, 6) is -0.494. The minimum Gasteiger partial charge on any atom is -0.271 e. The van der Waals surface area contributed by atoms with Crippen LogP contribution in [0, 0.1) is 6.92 Å². The fraction of sp³-hybridized carbons (Fsp3) is 0.292. The zero-order valence-corrected chi connectivity index (χ0v) is 18.8. The number of fused-ring (bicyclic) bond motifs is 1. The lowest BCUT2D eigenvalue weighted by Crippen LogP contribution is -2.40. The number of anilines is 1. The Morgan fingerprint density at radius 2 is 1.75 bits per heavy atom. The van der Waals surface area contributed by atoms with Crippen molar-refractivity contribution >= 4 is 38.2 Å². The monoisotopic (exact) mass is 450 g/mol. The molecule has 0 spiro atoms. The Morgan fingerprint density at radius 3 is 2.50 bits per heavy atom. The zero-order valence-electron chi connectivity index (χ0n) is 18.0. The minimum absolute atomic E-state index is 0.113. The summed E-state index contributed by atoms with van der Waals surface area (Å²) in [6.07, 6.45) is 6.62. The van der Waals surface area contributed by atoms with E-state index in [4.69, 9.17) is 0 Å². The molecule has 0 aliphatic heterocycles. The van der Waals surface area contributed by atoms with Crippen molar-refractivity contribution in [2.75, 3.05) is 10.8 Å². The van der Waals surface area contributed by atoms with E-state index >= 15 is 0 Å². The molecule has 0 radical (unpaired) electrons. The van der Waals surface area contributed by atoms with Crippen LogP contribution in [-0.2, 0) is 14.8 Å². The summed E-state index contributed by atoms with van der Waals surface area (Å²) in [6, 6.07) is 15.5. The molecule has 1 saturated carbocycles. The van der Waals surface area contributed by atoms with Gasteiger partial charge in [-0.15, -0.1) is 0 Å². The third-order valence-electron chi connectivity index (χ3n) is 5.55. The lowest BCUT2D eigenvalue weighted by atomic mass is 9.99. The Morgan fingerprint density at radius 1 is 1.03 bits per heavy atom. The van der Waals surface area contributed by atoms with Crippen LogP contribution < -0.4 is 9.73 Å². The van der Waals surface area contributed by atoms with Gasteiger partial charge in [-0.1, -0.05) is 42.3 Å². The molecule has 1 aliphatic rings. The lowest BCUT2D eigenvalue weighted by Gasteiger charge is -2.24. The fourth-order valence-corrected chi connectivity index (χ4v) is 5.23. The predicted molar refractivity (Wildman–Crippen MR) is 126 cm³/mol. The second-order valence-corrected chi connectivity index (χ2v) is 9.81. The first-order chi connectivity index (χ1) is 15.4. The average molecular weight is 451 g/mol. The number of nitrogens with one attached hydrogen (secondary N) is 1. The standard InChI is InChI=1S/C24H26N4O3S/c1-18-12-14-21(15-13-18)32(30,31)28(17-23(29)27-26-20-9-3-2-4-10-20)22-11-5-7-19-8-6-16-25-24(19)22/h5-8,11-16H,2-4,9-10,17H2,1H3,(H,27,29). The second-order valence-electron chi connectivity index (χ2n) is 7.95. The Bertz CT molecular complexity index is 1240. The van der Waals surface area contributed by atoms with E-state index in [2.05, 4.69) is 15.5 Å². The number of sulfonamides is 1. The highest BCUT2D eigenvalue weighted by Crippen LogP contribution is 2.29. The number of aromatic nitrogens is 1. The number of aryl methyl sites for hydroxylation is 1. The van der Waals surface area contributed by atoms with E-state index in [1.165, 1.54) is 6.42 Å². The maximum atomic E-state index is 13.6. The van der Waals surface area contributed by atoms with E-state index in [1.807, 2.05) is 19.1 Å². The second kappa shape index (κ2) is 9.48. The molecule has 0 atom stereocenters. The Kier molecular flexibility index (Phi) is 6.50. The molecule has 1 fully saturated rings. The van der Waals surface area contributed by atoms with E-state index in [0.29, 0.717) is 11.2 Å². The number of hydrogen-bond acceptors (Lipinski definition) is 5. The summed E-state index contributed by atoms with van der Waals surface area (Å²) < 4.78 is 28.3. The van der Waals surface area contributed by atoms with Gasteiger partial charge in [-0.3, -0.25) is 14.1 Å². The first-order valence-corrected chi connectivity index (χ1v) is 12.2. The average Bonchev–Trinajstić information content (AvgIpc) is 2.82. The van der Waals surface area contributed by atoms with Crippen molar-refractivity contribution in [1.29, 1.82) is 0 Å². The van der Waals surface area contributed by atoms with Gasteiger partial charge < -0.3 is 0 Å². The molecule has 0 bridgehead atoms. The smallest absolute Gasteiger partial charge is 0.264 e. The van der Waals surface area contributed by atoms with Crippen molar-refractivity contribution < 1.29 is 13.2 Å². The topological polar surface area (TPSA) is 91.7 Å². The first kappa shape index (κ1) is 22.0. The van der Waals surface area contributed by atoms with Crippen LogP contribution in [0.1, 0.15) is 37.7 Å². The first-order valence-electron chi connectivity index (χ1n) is 10.7. The summed E-state index contributed by atoms with van der Waals surface area (Å²) in [6.45, 7) is 1.49. The van der Waals surface area contributed by atoms with Gasteiger partial charge in [0.25, 0.3) is 15.9 Å². The molecule has 0 saturated heterocycles. The molecule has 1 amide bonds. The fourth-order valence-electron chi connectivity index (χ4n) is 3.81. The van der Waals surface area contributed by atoms with Crippen molar-refractivity contribution in [3.05, 3.63) is 66.4 Å². The number of amides is 1. The van der Waals surface area contributed by atoms with Crippen LogP contribution in [0.15, 0.2) is 70.8 Å². The van der Waals surface area contributed by atoms with Crippen molar-refractivity contribution in [2.45, 2.75) is 43.9 Å². The number of para-hydroxylation sites is 1. The summed E-state index contributed by atoms with van der Waals surface area (Å²) in [4.78, 5) is 17.3. The van der Waals surface area contributed by atoms with Gasteiger partial charge in [0.15, 0.2) is 0 Å². The third-order valence-corrected chi connectivity index (χ3v) is 7.32. The minimum atomic E-state index is -4.02. The highest BCUT2D eigenvalue weighted by Gasteiger charge is 2.29. The van der Waals surface area contributed by atoms with Crippen LogP contribution in [0.25, 0.3) is 10.9 Å². The largest absolute Gasteiger partial charge is 0.271 e. The Labute approximate surface area is 188 Å². The van der Waals surface area contributed by atoms with Gasteiger partial charge in [-0.25, -0.2) is 13.8 Å². The number of carbonyl (C=O) groups is 1. The van der Waals surface area contributed by atoms with Gasteiger partial charge in [0.05, 0.1) is 16.1 Å². The van der Waals surface area contributed by atoms with Crippen LogP contribution in [0.3, 0.4) is 0 Å². The van der Waals surface area contributed by atoms with Crippen LogP contribution in [-0.4, -0.2) is 31.6 Å². The van der Waals surface area contributed by atoms with Gasteiger partial charge in [-0.05, 0) is 56.9 Å². The molecule has 2 aromatic carbocycles. The molecular weight excluding hydrogens is 424 g/mol. The molecule has 1 heterocycles. The molecule has 1 N–H and O–H groups in total. The highest BCUT2D eigenvalue weighted by molar-refractivity contribution is 7.92. The van der Waals surface area contributed by atoms with Crippen molar-refractivity contribution in [3.8, 4) is 0 Å². The van der Waals surface area contributed by atoms with Gasteiger partial charge in [-0.2, -0.15) is 5.10 Å².